The van der Waals surface area contributed by atoms with Gasteiger partial charge in [-0.05, 0) is 56.0 Å². The highest BCUT2D eigenvalue weighted by Crippen LogP contribution is 2.42. The monoisotopic (exact) mass is 343 g/mol. The Balaban J connectivity index is 1.48. The molecular formula is C17H23F2NO2S. The standard InChI is InChI=1S/C17H23F2NO2S/c1-13(8-14-2-3-15(18)16(19)9-14)10-20-6-4-17(5-7-20)11-23(21,22)12-17/h2-3,9,13H,4-8,10-12H2,1H3. The number of likely N-dealkylation sites (tertiary alicyclic amines) is 1. The number of nitrogens with zero attached hydrogens (tertiary/aromatic N) is 1. The predicted molar refractivity (Wildman–Crippen MR) is 86.0 cm³/mol. The van der Waals surface area contributed by atoms with Crippen molar-refractivity contribution in [2.75, 3.05) is 31.1 Å². The summed E-state index contributed by atoms with van der Waals surface area (Å²) in [5.41, 5.74) is 0.855. The van der Waals surface area contributed by atoms with E-state index < -0.39 is 21.5 Å². The van der Waals surface area contributed by atoms with Crippen LogP contribution in [0, 0.1) is 23.0 Å². The molecule has 0 aliphatic carbocycles. The molecular weight excluding hydrogens is 320 g/mol. The minimum atomic E-state index is -2.76. The van der Waals surface area contributed by atoms with E-state index in [0.717, 1.165) is 38.0 Å². The van der Waals surface area contributed by atoms with Gasteiger partial charge in [-0.25, -0.2) is 17.2 Å². The first-order valence-corrected chi connectivity index (χ1v) is 9.96. The van der Waals surface area contributed by atoms with Crippen LogP contribution < -0.4 is 0 Å². The molecule has 2 heterocycles. The van der Waals surface area contributed by atoms with Gasteiger partial charge >= 0.3 is 0 Å². The molecule has 3 rings (SSSR count). The molecule has 1 aromatic rings. The summed E-state index contributed by atoms with van der Waals surface area (Å²) in [6, 6.07) is 4.09. The molecule has 1 unspecified atom stereocenters. The van der Waals surface area contributed by atoms with Crippen LogP contribution >= 0.6 is 0 Å². The number of sulfone groups is 1. The SMILES string of the molecule is CC(Cc1ccc(F)c(F)c1)CN1CCC2(CC1)CS(=O)(=O)C2. The normalized spacial score (nSPS) is 24.3. The van der Waals surface area contributed by atoms with Gasteiger partial charge in [-0.2, -0.15) is 0 Å². The molecule has 0 bridgehead atoms. The molecule has 2 saturated heterocycles. The van der Waals surface area contributed by atoms with Gasteiger partial charge in [0.05, 0.1) is 11.5 Å². The number of halogens is 2. The molecule has 1 spiro atoms. The van der Waals surface area contributed by atoms with Crippen LogP contribution in [0.1, 0.15) is 25.3 Å². The van der Waals surface area contributed by atoms with Gasteiger partial charge in [0, 0.05) is 12.0 Å². The summed E-state index contributed by atoms with van der Waals surface area (Å²) < 4.78 is 49.0. The molecule has 0 saturated carbocycles. The average Bonchev–Trinajstić information content (AvgIpc) is 2.43. The molecule has 0 aromatic heterocycles. The summed E-state index contributed by atoms with van der Waals surface area (Å²) in [5.74, 6) is -0.533. The molecule has 23 heavy (non-hydrogen) atoms. The summed E-state index contributed by atoms with van der Waals surface area (Å²) in [6.45, 7) is 4.87. The van der Waals surface area contributed by atoms with Crippen molar-refractivity contribution in [2.24, 2.45) is 11.3 Å². The van der Waals surface area contributed by atoms with Gasteiger partial charge in [0.25, 0.3) is 0 Å². The first kappa shape index (κ1) is 16.8. The van der Waals surface area contributed by atoms with E-state index in [1.54, 1.807) is 6.07 Å². The van der Waals surface area contributed by atoms with E-state index in [2.05, 4.69) is 11.8 Å². The third kappa shape index (κ3) is 3.91. The van der Waals surface area contributed by atoms with Gasteiger partial charge in [-0.1, -0.05) is 13.0 Å². The lowest BCUT2D eigenvalue weighted by Gasteiger charge is -2.47. The molecule has 0 radical (unpaired) electrons. The van der Waals surface area contributed by atoms with E-state index in [4.69, 9.17) is 0 Å². The first-order chi connectivity index (χ1) is 10.8. The van der Waals surface area contributed by atoms with Crippen molar-refractivity contribution >= 4 is 9.84 Å². The van der Waals surface area contributed by atoms with Gasteiger partial charge in [-0.15, -0.1) is 0 Å². The molecule has 0 amide bonds. The Morgan fingerprint density at radius 2 is 1.83 bits per heavy atom. The molecule has 0 N–H and O–H groups in total. The maximum absolute atomic E-state index is 13.2. The molecule has 1 aromatic carbocycles. The van der Waals surface area contributed by atoms with Gasteiger partial charge in [0.15, 0.2) is 21.5 Å². The fourth-order valence-corrected chi connectivity index (χ4v) is 6.32. The summed E-state index contributed by atoms with van der Waals surface area (Å²) >= 11 is 0. The third-order valence-electron chi connectivity index (χ3n) is 5.11. The minimum Gasteiger partial charge on any atom is -0.303 e. The quantitative estimate of drug-likeness (QED) is 0.843. The van der Waals surface area contributed by atoms with Crippen LogP contribution in [-0.4, -0.2) is 44.5 Å². The lowest BCUT2D eigenvalue weighted by atomic mass is 9.81. The van der Waals surface area contributed by atoms with Crippen molar-refractivity contribution in [3.05, 3.63) is 35.4 Å². The Hall–Kier alpha value is -1.01. The summed E-state index contributed by atoms with van der Waals surface area (Å²) in [5, 5.41) is 0. The van der Waals surface area contributed by atoms with Crippen LogP contribution in [-0.2, 0) is 16.3 Å². The molecule has 2 aliphatic rings. The second-order valence-electron chi connectivity index (χ2n) is 7.39. The highest BCUT2D eigenvalue weighted by atomic mass is 32.2. The Labute approximate surface area is 136 Å². The average molecular weight is 343 g/mol. The molecule has 2 fully saturated rings. The zero-order chi connectivity index (χ0) is 16.7. The van der Waals surface area contributed by atoms with E-state index >= 15 is 0 Å². The van der Waals surface area contributed by atoms with Crippen molar-refractivity contribution in [3.8, 4) is 0 Å². The summed E-state index contributed by atoms with van der Waals surface area (Å²) in [7, 11) is -2.76. The molecule has 6 heteroatoms. The molecule has 2 aliphatic heterocycles. The lowest BCUT2D eigenvalue weighted by Crippen LogP contribution is -2.55. The zero-order valence-corrected chi connectivity index (χ0v) is 14.2. The lowest BCUT2D eigenvalue weighted by molar-refractivity contribution is 0.113. The van der Waals surface area contributed by atoms with Crippen LogP contribution in [0.15, 0.2) is 18.2 Å². The van der Waals surface area contributed by atoms with E-state index in [9.17, 15) is 17.2 Å². The van der Waals surface area contributed by atoms with E-state index in [1.165, 1.54) is 12.1 Å². The van der Waals surface area contributed by atoms with Crippen LogP contribution in [0.4, 0.5) is 8.78 Å². The van der Waals surface area contributed by atoms with Crippen LogP contribution in [0.3, 0.4) is 0 Å². The maximum atomic E-state index is 13.2. The van der Waals surface area contributed by atoms with E-state index in [0.29, 0.717) is 23.8 Å². The van der Waals surface area contributed by atoms with Crippen molar-refractivity contribution in [1.82, 2.24) is 4.90 Å². The number of piperidine rings is 1. The van der Waals surface area contributed by atoms with Gasteiger partial charge in [0.1, 0.15) is 0 Å². The second kappa shape index (κ2) is 6.13. The van der Waals surface area contributed by atoms with Crippen molar-refractivity contribution in [3.63, 3.8) is 0 Å². The highest BCUT2D eigenvalue weighted by molar-refractivity contribution is 7.92. The Kier molecular flexibility index (Phi) is 4.49. The number of hydrogen-bond donors (Lipinski definition) is 0. The number of benzene rings is 1. The van der Waals surface area contributed by atoms with Gasteiger partial charge < -0.3 is 4.90 Å². The van der Waals surface area contributed by atoms with E-state index in [1.807, 2.05) is 0 Å². The van der Waals surface area contributed by atoms with Crippen LogP contribution in [0.5, 0.6) is 0 Å². The van der Waals surface area contributed by atoms with Crippen LogP contribution in [0.25, 0.3) is 0 Å². The Morgan fingerprint density at radius 1 is 1.17 bits per heavy atom. The largest absolute Gasteiger partial charge is 0.303 e. The zero-order valence-electron chi connectivity index (χ0n) is 13.4. The number of hydrogen-bond acceptors (Lipinski definition) is 3. The molecule has 1 atom stereocenters. The summed E-state index contributed by atoms with van der Waals surface area (Å²) in [6.07, 6.45) is 2.61. The minimum absolute atomic E-state index is 0.0403. The highest BCUT2D eigenvalue weighted by Gasteiger charge is 2.49. The number of rotatable bonds is 4. The first-order valence-electron chi connectivity index (χ1n) is 8.14. The van der Waals surface area contributed by atoms with Crippen molar-refractivity contribution < 1.29 is 17.2 Å². The maximum Gasteiger partial charge on any atom is 0.159 e. The second-order valence-corrected chi connectivity index (χ2v) is 9.46. The Bertz CT molecular complexity index is 668. The molecule has 3 nitrogen and oxygen atoms in total. The predicted octanol–water partition coefficient (Wildman–Crippen LogP) is 2.65. The summed E-state index contributed by atoms with van der Waals surface area (Å²) in [4.78, 5) is 2.36. The van der Waals surface area contributed by atoms with Crippen LogP contribution in [0.2, 0.25) is 0 Å². The van der Waals surface area contributed by atoms with Crippen molar-refractivity contribution in [2.45, 2.75) is 26.2 Å². The Morgan fingerprint density at radius 3 is 2.39 bits per heavy atom. The van der Waals surface area contributed by atoms with Gasteiger partial charge in [-0.3, -0.25) is 0 Å². The topological polar surface area (TPSA) is 37.4 Å². The third-order valence-corrected chi connectivity index (χ3v) is 7.21. The van der Waals surface area contributed by atoms with E-state index in [-0.39, 0.29) is 5.41 Å². The fraction of sp³-hybridized carbons (Fsp3) is 0.647. The van der Waals surface area contributed by atoms with Gasteiger partial charge in [0.2, 0.25) is 0 Å². The fourth-order valence-electron chi connectivity index (χ4n) is 3.96. The van der Waals surface area contributed by atoms with Crippen molar-refractivity contribution in [1.29, 1.82) is 0 Å². The smallest absolute Gasteiger partial charge is 0.159 e. The molecule has 128 valence electrons.